The minimum absolute atomic E-state index is 0.391. The van der Waals surface area contributed by atoms with Crippen molar-refractivity contribution in [1.82, 2.24) is 0 Å². The number of nitriles is 1. The van der Waals surface area contributed by atoms with Gasteiger partial charge in [-0.3, -0.25) is 9.03 Å². The maximum absolute atomic E-state index is 12.6. The van der Waals surface area contributed by atoms with E-state index in [-0.39, 0.29) is 0 Å². The fraction of sp³-hybridized carbons (Fsp3) is 0.188. The SMILES string of the molecule is N#Cc1cccc(NS(=O)(=O)N2CCCc3ccccc32)c1. The Kier molecular flexibility index (Phi) is 3.73. The number of aryl methyl sites for hydroxylation is 1. The fourth-order valence-corrected chi connectivity index (χ4v) is 3.95. The Bertz CT molecular complexity index is 840. The van der Waals surface area contributed by atoms with E-state index in [4.69, 9.17) is 5.26 Å². The Balaban J connectivity index is 1.93. The van der Waals surface area contributed by atoms with Crippen molar-refractivity contribution in [3.8, 4) is 6.07 Å². The van der Waals surface area contributed by atoms with Gasteiger partial charge in [0, 0.05) is 6.54 Å². The summed E-state index contributed by atoms with van der Waals surface area (Å²) in [4.78, 5) is 0. The maximum Gasteiger partial charge on any atom is 0.323 e. The first-order valence-corrected chi connectivity index (χ1v) is 8.43. The lowest BCUT2D eigenvalue weighted by Gasteiger charge is -2.30. The zero-order valence-electron chi connectivity index (χ0n) is 11.9. The predicted molar refractivity (Wildman–Crippen MR) is 85.8 cm³/mol. The molecule has 0 aliphatic carbocycles. The molecule has 1 aliphatic heterocycles. The van der Waals surface area contributed by atoms with Gasteiger partial charge in [-0.1, -0.05) is 24.3 Å². The average molecular weight is 313 g/mol. The van der Waals surface area contributed by atoms with Gasteiger partial charge in [-0.05, 0) is 42.7 Å². The van der Waals surface area contributed by atoms with Crippen molar-refractivity contribution >= 4 is 21.6 Å². The lowest BCUT2D eigenvalue weighted by Crippen LogP contribution is -2.39. The molecule has 0 spiro atoms. The molecule has 1 heterocycles. The van der Waals surface area contributed by atoms with E-state index in [0.717, 1.165) is 24.1 Å². The van der Waals surface area contributed by atoms with E-state index >= 15 is 0 Å². The number of hydrogen-bond donors (Lipinski definition) is 1. The van der Waals surface area contributed by atoms with Crippen LogP contribution in [0.1, 0.15) is 17.5 Å². The molecule has 3 rings (SSSR count). The first-order valence-electron chi connectivity index (χ1n) is 6.99. The number of benzene rings is 2. The van der Waals surface area contributed by atoms with E-state index in [9.17, 15) is 8.42 Å². The molecule has 0 fully saturated rings. The van der Waals surface area contributed by atoms with Gasteiger partial charge >= 0.3 is 10.2 Å². The first-order chi connectivity index (χ1) is 10.6. The van der Waals surface area contributed by atoms with Crippen LogP contribution in [0.5, 0.6) is 0 Å². The van der Waals surface area contributed by atoms with Gasteiger partial charge in [0.25, 0.3) is 0 Å². The Labute approximate surface area is 130 Å². The van der Waals surface area contributed by atoms with Crippen LogP contribution in [-0.4, -0.2) is 15.0 Å². The number of hydrogen-bond acceptors (Lipinski definition) is 3. The summed E-state index contributed by atoms with van der Waals surface area (Å²) in [6, 6.07) is 16.0. The normalized spacial score (nSPS) is 14.0. The van der Waals surface area contributed by atoms with Crippen LogP contribution in [0.3, 0.4) is 0 Å². The topological polar surface area (TPSA) is 73.2 Å². The predicted octanol–water partition coefficient (Wildman–Crippen LogP) is 2.67. The van der Waals surface area contributed by atoms with Crippen LogP contribution in [-0.2, 0) is 16.6 Å². The molecule has 0 aromatic heterocycles. The highest BCUT2D eigenvalue weighted by Crippen LogP contribution is 2.29. The maximum atomic E-state index is 12.6. The minimum atomic E-state index is -3.70. The molecule has 112 valence electrons. The summed E-state index contributed by atoms with van der Waals surface area (Å²) in [6.45, 7) is 0.449. The third-order valence-corrected chi connectivity index (χ3v) is 5.05. The summed E-state index contributed by atoms with van der Waals surface area (Å²) in [5.74, 6) is 0. The third-order valence-electron chi connectivity index (χ3n) is 3.60. The number of para-hydroxylation sites is 1. The molecule has 0 saturated heterocycles. The molecular weight excluding hydrogens is 298 g/mol. The minimum Gasteiger partial charge on any atom is -0.267 e. The molecule has 2 aromatic carbocycles. The molecule has 0 atom stereocenters. The number of nitrogens with zero attached hydrogens (tertiary/aromatic N) is 2. The summed E-state index contributed by atoms with van der Waals surface area (Å²) in [5.41, 5.74) is 2.56. The standard InChI is InChI=1S/C16H15N3O2S/c17-12-13-5-3-8-15(11-13)18-22(20,21)19-10-4-7-14-6-1-2-9-16(14)19/h1-3,5-6,8-9,11,18H,4,7,10H2. The smallest absolute Gasteiger partial charge is 0.267 e. The molecular formula is C16H15N3O2S. The number of fused-ring (bicyclic) bond motifs is 1. The van der Waals surface area contributed by atoms with Crippen LogP contribution < -0.4 is 9.03 Å². The van der Waals surface area contributed by atoms with Crippen molar-refractivity contribution in [2.24, 2.45) is 0 Å². The van der Waals surface area contributed by atoms with Crippen molar-refractivity contribution in [2.45, 2.75) is 12.8 Å². The second-order valence-electron chi connectivity index (χ2n) is 5.10. The summed E-state index contributed by atoms with van der Waals surface area (Å²) in [5, 5.41) is 8.90. The highest BCUT2D eigenvalue weighted by Gasteiger charge is 2.27. The fourth-order valence-electron chi connectivity index (χ4n) is 2.61. The van der Waals surface area contributed by atoms with Crippen LogP contribution in [0, 0.1) is 11.3 Å². The summed E-state index contributed by atoms with van der Waals surface area (Å²) in [7, 11) is -3.70. The van der Waals surface area contributed by atoms with Crippen LogP contribution in [0.15, 0.2) is 48.5 Å². The van der Waals surface area contributed by atoms with Crippen LogP contribution >= 0.6 is 0 Å². The Morgan fingerprint density at radius 2 is 1.95 bits per heavy atom. The quantitative estimate of drug-likeness (QED) is 0.946. The Hall–Kier alpha value is -2.52. The molecule has 0 radical (unpaired) electrons. The molecule has 0 amide bonds. The molecule has 0 bridgehead atoms. The van der Waals surface area contributed by atoms with E-state index in [1.54, 1.807) is 18.2 Å². The van der Waals surface area contributed by atoms with Crippen molar-refractivity contribution in [1.29, 1.82) is 5.26 Å². The van der Waals surface area contributed by atoms with Gasteiger partial charge in [-0.25, -0.2) is 0 Å². The molecule has 1 aliphatic rings. The van der Waals surface area contributed by atoms with Crippen molar-refractivity contribution < 1.29 is 8.42 Å². The van der Waals surface area contributed by atoms with Gasteiger partial charge in [-0.15, -0.1) is 0 Å². The Morgan fingerprint density at radius 3 is 2.77 bits per heavy atom. The van der Waals surface area contributed by atoms with E-state index in [1.165, 1.54) is 10.4 Å². The van der Waals surface area contributed by atoms with Gasteiger partial charge < -0.3 is 0 Å². The highest BCUT2D eigenvalue weighted by atomic mass is 32.2. The summed E-state index contributed by atoms with van der Waals surface area (Å²) >= 11 is 0. The average Bonchev–Trinajstić information content (AvgIpc) is 2.54. The zero-order valence-corrected chi connectivity index (χ0v) is 12.7. The van der Waals surface area contributed by atoms with Crippen LogP contribution in [0.2, 0.25) is 0 Å². The molecule has 0 saturated carbocycles. The van der Waals surface area contributed by atoms with Gasteiger partial charge in [-0.2, -0.15) is 13.7 Å². The largest absolute Gasteiger partial charge is 0.323 e. The second-order valence-corrected chi connectivity index (χ2v) is 6.70. The van der Waals surface area contributed by atoms with Gasteiger partial charge in [0.1, 0.15) is 0 Å². The molecule has 0 unspecified atom stereocenters. The number of rotatable bonds is 3. The monoisotopic (exact) mass is 313 g/mol. The molecule has 2 aromatic rings. The van der Waals surface area contributed by atoms with E-state index in [2.05, 4.69) is 4.72 Å². The molecule has 5 nitrogen and oxygen atoms in total. The van der Waals surface area contributed by atoms with E-state index in [0.29, 0.717) is 17.8 Å². The van der Waals surface area contributed by atoms with Crippen molar-refractivity contribution in [3.63, 3.8) is 0 Å². The summed E-state index contributed by atoms with van der Waals surface area (Å²) in [6.07, 6.45) is 1.67. The van der Waals surface area contributed by atoms with Crippen molar-refractivity contribution in [2.75, 3.05) is 15.6 Å². The van der Waals surface area contributed by atoms with Crippen LogP contribution in [0.25, 0.3) is 0 Å². The lowest BCUT2D eigenvalue weighted by molar-refractivity contribution is 0.592. The Morgan fingerprint density at radius 1 is 1.14 bits per heavy atom. The van der Waals surface area contributed by atoms with E-state index < -0.39 is 10.2 Å². The summed E-state index contributed by atoms with van der Waals surface area (Å²) < 4.78 is 29.2. The number of nitrogens with one attached hydrogen (secondary N) is 1. The first kappa shape index (κ1) is 14.4. The zero-order chi connectivity index (χ0) is 15.6. The van der Waals surface area contributed by atoms with Gasteiger partial charge in [0.2, 0.25) is 0 Å². The third kappa shape index (κ3) is 2.76. The van der Waals surface area contributed by atoms with Gasteiger partial charge in [0.15, 0.2) is 0 Å². The lowest BCUT2D eigenvalue weighted by atomic mass is 10.0. The van der Waals surface area contributed by atoms with Crippen molar-refractivity contribution in [3.05, 3.63) is 59.7 Å². The second kappa shape index (κ2) is 5.70. The molecule has 1 N–H and O–H groups in total. The van der Waals surface area contributed by atoms with Gasteiger partial charge in [0.05, 0.1) is 23.0 Å². The van der Waals surface area contributed by atoms with E-state index in [1.807, 2.05) is 30.3 Å². The van der Waals surface area contributed by atoms with Crippen LogP contribution in [0.4, 0.5) is 11.4 Å². The highest BCUT2D eigenvalue weighted by molar-refractivity contribution is 7.94. The molecule has 22 heavy (non-hydrogen) atoms. The number of anilines is 2. The molecule has 6 heteroatoms.